The molecule has 0 bridgehead atoms. The van der Waals surface area contributed by atoms with Gasteiger partial charge in [-0.15, -0.1) is 0 Å². The molecule has 0 spiro atoms. The third-order valence-electron chi connectivity index (χ3n) is 3.75. The third-order valence-corrected chi connectivity index (χ3v) is 3.75. The molecule has 142 valence electrons. The van der Waals surface area contributed by atoms with Crippen molar-refractivity contribution in [1.82, 2.24) is 15.5 Å². The van der Waals surface area contributed by atoms with Gasteiger partial charge in [0.1, 0.15) is 6.61 Å². The summed E-state index contributed by atoms with van der Waals surface area (Å²) in [4.78, 5) is 14.0. The Balaban J connectivity index is 2.25. The maximum Gasteiger partial charge on any atom is 0.411 e. The van der Waals surface area contributed by atoms with E-state index in [0.717, 1.165) is 13.1 Å². The van der Waals surface area contributed by atoms with Gasteiger partial charge < -0.3 is 20.1 Å². The molecular formula is C15H28F3N3O3. The van der Waals surface area contributed by atoms with E-state index in [1.165, 1.54) is 0 Å². The van der Waals surface area contributed by atoms with Crippen LogP contribution in [0.3, 0.4) is 0 Å². The molecule has 2 amide bonds. The van der Waals surface area contributed by atoms with Gasteiger partial charge >= 0.3 is 12.2 Å². The first kappa shape index (κ1) is 21.0. The van der Waals surface area contributed by atoms with Crippen molar-refractivity contribution in [2.24, 2.45) is 0 Å². The molecule has 2 atom stereocenters. The molecule has 2 unspecified atom stereocenters. The number of amides is 2. The number of halogens is 3. The highest BCUT2D eigenvalue weighted by molar-refractivity contribution is 5.73. The van der Waals surface area contributed by atoms with Crippen molar-refractivity contribution in [2.45, 2.75) is 51.6 Å². The van der Waals surface area contributed by atoms with E-state index in [1.54, 1.807) is 0 Å². The second kappa shape index (κ2) is 8.87. The SMILES string of the molecule is CC1CN(C(C)(C)CNC(=O)NCCOCC(F)(F)F)CC(C)O1. The largest absolute Gasteiger partial charge is 0.411 e. The number of rotatable bonds is 7. The zero-order valence-corrected chi connectivity index (χ0v) is 14.7. The molecule has 9 heteroatoms. The van der Waals surface area contributed by atoms with E-state index in [0.29, 0.717) is 6.54 Å². The summed E-state index contributed by atoms with van der Waals surface area (Å²) >= 11 is 0. The Kier molecular flexibility index (Phi) is 7.75. The van der Waals surface area contributed by atoms with Crippen LogP contribution in [0.2, 0.25) is 0 Å². The average molecular weight is 355 g/mol. The fourth-order valence-electron chi connectivity index (χ4n) is 2.57. The van der Waals surface area contributed by atoms with E-state index in [2.05, 4.69) is 20.3 Å². The minimum absolute atomic E-state index is 0.0218. The third kappa shape index (κ3) is 8.16. The van der Waals surface area contributed by atoms with Crippen LogP contribution in [0.5, 0.6) is 0 Å². The van der Waals surface area contributed by atoms with Gasteiger partial charge in [-0.05, 0) is 27.7 Å². The molecule has 1 aliphatic rings. The fraction of sp³-hybridized carbons (Fsp3) is 0.933. The number of morpholine rings is 1. The molecule has 2 N–H and O–H groups in total. The van der Waals surface area contributed by atoms with Gasteiger partial charge in [0.25, 0.3) is 0 Å². The topological polar surface area (TPSA) is 62.8 Å². The molecule has 24 heavy (non-hydrogen) atoms. The summed E-state index contributed by atoms with van der Waals surface area (Å²) in [5, 5.41) is 5.22. The Morgan fingerprint density at radius 3 is 2.33 bits per heavy atom. The maximum absolute atomic E-state index is 11.9. The van der Waals surface area contributed by atoms with Crippen LogP contribution in [-0.2, 0) is 9.47 Å². The zero-order valence-electron chi connectivity index (χ0n) is 14.7. The number of nitrogens with one attached hydrogen (secondary N) is 2. The van der Waals surface area contributed by atoms with E-state index in [1.807, 2.05) is 27.7 Å². The fourth-order valence-corrected chi connectivity index (χ4v) is 2.57. The van der Waals surface area contributed by atoms with E-state index in [9.17, 15) is 18.0 Å². The summed E-state index contributed by atoms with van der Waals surface area (Å²) in [6.07, 6.45) is -4.08. The Morgan fingerprint density at radius 2 is 1.79 bits per heavy atom. The summed E-state index contributed by atoms with van der Waals surface area (Å²) in [7, 11) is 0. The molecule has 0 radical (unpaired) electrons. The second-order valence-corrected chi connectivity index (χ2v) is 6.75. The van der Waals surface area contributed by atoms with E-state index >= 15 is 0 Å². The lowest BCUT2D eigenvalue weighted by molar-refractivity contribution is -0.173. The smallest absolute Gasteiger partial charge is 0.373 e. The molecule has 0 aliphatic carbocycles. The summed E-state index contributed by atoms with van der Waals surface area (Å²) in [6, 6.07) is -0.423. The van der Waals surface area contributed by atoms with Gasteiger partial charge in [-0.1, -0.05) is 0 Å². The van der Waals surface area contributed by atoms with Gasteiger partial charge in [0.05, 0.1) is 18.8 Å². The monoisotopic (exact) mass is 355 g/mol. The Bertz CT molecular complexity index is 395. The second-order valence-electron chi connectivity index (χ2n) is 6.75. The van der Waals surface area contributed by atoms with Crippen LogP contribution in [0.4, 0.5) is 18.0 Å². The first-order chi connectivity index (χ1) is 11.0. The van der Waals surface area contributed by atoms with Gasteiger partial charge in [0.2, 0.25) is 0 Å². The van der Waals surface area contributed by atoms with Crippen LogP contribution in [0.25, 0.3) is 0 Å². The zero-order chi connectivity index (χ0) is 18.4. The molecule has 1 aliphatic heterocycles. The van der Waals surface area contributed by atoms with Crippen LogP contribution in [0.1, 0.15) is 27.7 Å². The number of carbonyl (C=O) groups is 1. The lowest BCUT2D eigenvalue weighted by Crippen LogP contribution is -2.59. The Labute approximate surface area is 141 Å². The number of nitrogens with zero attached hydrogens (tertiary/aromatic N) is 1. The van der Waals surface area contributed by atoms with Crippen molar-refractivity contribution in [3.8, 4) is 0 Å². The number of ether oxygens (including phenoxy) is 2. The Hall–Kier alpha value is -1.06. The standard InChI is InChI=1S/C15H28F3N3O3/c1-11-7-21(8-12(2)24-11)14(3,4)9-20-13(22)19-5-6-23-10-15(16,17)18/h11-12H,5-10H2,1-4H3,(H2,19,20,22). The molecule has 1 rings (SSSR count). The molecule has 1 heterocycles. The van der Waals surface area contributed by atoms with Crippen molar-refractivity contribution in [2.75, 3.05) is 39.4 Å². The highest BCUT2D eigenvalue weighted by atomic mass is 19.4. The first-order valence-electron chi connectivity index (χ1n) is 8.06. The predicted molar refractivity (Wildman–Crippen MR) is 83.9 cm³/mol. The number of hydrogen-bond acceptors (Lipinski definition) is 4. The average Bonchev–Trinajstić information content (AvgIpc) is 2.42. The highest BCUT2D eigenvalue weighted by Crippen LogP contribution is 2.20. The summed E-state index contributed by atoms with van der Waals surface area (Å²) in [6.45, 7) is 8.60. The van der Waals surface area contributed by atoms with E-state index in [4.69, 9.17) is 4.74 Å². The van der Waals surface area contributed by atoms with Crippen molar-refractivity contribution in [3.63, 3.8) is 0 Å². The van der Waals surface area contributed by atoms with Gasteiger partial charge in [-0.25, -0.2) is 4.79 Å². The first-order valence-corrected chi connectivity index (χ1v) is 8.06. The lowest BCUT2D eigenvalue weighted by Gasteiger charge is -2.45. The van der Waals surface area contributed by atoms with Gasteiger partial charge in [0, 0.05) is 31.7 Å². The van der Waals surface area contributed by atoms with Gasteiger partial charge in [-0.3, -0.25) is 4.90 Å². The van der Waals surface area contributed by atoms with Crippen molar-refractivity contribution >= 4 is 6.03 Å². The minimum Gasteiger partial charge on any atom is -0.373 e. The molecule has 1 saturated heterocycles. The van der Waals surface area contributed by atoms with Crippen LogP contribution >= 0.6 is 0 Å². The molecule has 1 fully saturated rings. The summed E-state index contributed by atoms with van der Waals surface area (Å²) in [5.41, 5.74) is -0.254. The maximum atomic E-state index is 11.9. The number of carbonyl (C=O) groups excluding carboxylic acids is 1. The van der Waals surface area contributed by atoms with Gasteiger partial charge in [0.15, 0.2) is 0 Å². The molecular weight excluding hydrogens is 327 g/mol. The van der Waals surface area contributed by atoms with Gasteiger partial charge in [-0.2, -0.15) is 13.2 Å². The van der Waals surface area contributed by atoms with E-state index in [-0.39, 0.29) is 30.9 Å². The lowest BCUT2D eigenvalue weighted by atomic mass is 10.0. The highest BCUT2D eigenvalue weighted by Gasteiger charge is 2.33. The van der Waals surface area contributed by atoms with Crippen molar-refractivity contribution < 1.29 is 27.4 Å². The normalized spacial score (nSPS) is 23.1. The Morgan fingerprint density at radius 1 is 1.21 bits per heavy atom. The van der Waals surface area contributed by atoms with Crippen LogP contribution < -0.4 is 10.6 Å². The van der Waals surface area contributed by atoms with E-state index < -0.39 is 18.8 Å². The summed E-state index contributed by atoms with van der Waals surface area (Å²) in [5.74, 6) is 0. The molecule has 0 aromatic rings. The molecule has 0 aromatic carbocycles. The molecule has 6 nitrogen and oxygen atoms in total. The quantitative estimate of drug-likeness (QED) is 0.683. The molecule has 0 saturated carbocycles. The summed E-state index contributed by atoms with van der Waals surface area (Å²) < 4.78 is 45.8. The van der Waals surface area contributed by atoms with Crippen LogP contribution in [0.15, 0.2) is 0 Å². The minimum atomic E-state index is -4.35. The van der Waals surface area contributed by atoms with Crippen molar-refractivity contribution in [1.29, 1.82) is 0 Å². The number of hydrogen-bond donors (Lipinski definition) is 2. The number of alkyl halides is 3. The van der Waals surface area contributed by atoms with Crippen LogP contribution in [-0.4, -0.2) is 74.2 Å². The van der Waals surface area contributed by atoms with Crippen molar-refractivity contribution in [3.05, 3.63) is 0 Å². The predicted octanol–water partition coefficient (Wildman–Crippen LogP) is 1.75. The van der Waals surface area contributed by atoms with Crippen LogP contribution in [0, 0.1) is 0 Å². The molecule has 0 aromatic heterocycles. The number of urea groups is 1.